The van der Waals surface area contributed by atoms with Crippen molar-refractivity contribution in [2.24, 2.45) is 5.92 Å². The highest BCUT2D eigenvalue weighted by Crippen LogP contribution is 2.26. The third kappa shape index (κ3) is 5.98. The molecule has 1 heterocycles. The van der Waals surface area contributed by atoms with Crippen molar-refractivity contribution in [2.45, 2.75) is 58.2 Å². The summed E-state index contributed by atoms with van der Waals surface area (Å²) in [5.74, 6) is 0.632. The molecule has 3 unspecified atom stereocenters. The van der Waals surface area contributed by atoms with Crippen LogP contribution in [0.3, 0.4) is 0 Å². The molecule has 1 N–H and O–H groups in total. The molecule has 1 aromatic carbocycles. The molecule has 0 aliphatic carbocycles. The molecule has 3 atom stereocenters. The van der Waals surface area contributed by atoms with E-state index in [1.807, 2.05) is 12.1 Å². The summed E-state index contributed by atoms with van der Waals surface area (Å²) < 4.78 is 6.01. The number of halogens is 1. The van der Waals surface area contributed by atoms with Crippen LogP contribution in [0, 0.1) is 5.92 Å². The highest BCUT2D eigenvalue weighted by molar-refractivity contribution is 6.30. The number of ether oxygens (including phenoxy) is 1. The molecule has 0 radical (unpaired) electrons. The van der Waals surface area contributed by atoms with Crippen molar-refractivity contribution < 1.29 is 4.74 Å². The average Bonchev–Trinajstić information content (AvgIpc) is 2.87. The van der Waals surface area contributed by atoms with Crippen LogP contribution in [0.4, 0.5) is 0 Å². The topological polar surface area (TPSA) is 21.3 Å². The Kier molecular flexibility index (Phi) is 7.01. The van der Waals surface area contributed by atoms with Gasteiger partial charge in [-0.15, -0.1) is 0 Å². The summed E-state index contributed by atoms with van der Waals surface area (Å²) in [6, 6.07) is 8.27. The highest BCUT2D eigenvalue weighted by Gasteiger charge is 2.25. The van der Waals surface area contributed by atoms with E-state index < -0.39 is 0 Å². The summed E-state index contributed by atoms with van der Waals surface area (Å²) in [6.07, 6.45) is 6.75. The Balaban J connectivity index is 1.89. The van der Waals surface area contributed by atoms with Crippen LogP contribution in [-0.2, 0) is 11.2 Å². The maximum atomic E-state index is 6.01. The molecule has 1 aliphatic rings. The molecule has 1 aliphatic heterocycles. The van der Waals surface area contributed by atoms with Crippen molar-refractivity contribution in [3.05, 3.63) is 34.9 Å². The minimum absolute atomic E-state index is 0.440. The van der Waals surface area contributed by atoms with Crippen LogP contribution in [0.5, 0.6) is 0 Å². The van der Waals surface area contributed by atoms with E-state index >= 15 is 0 Å². The van der Waals surface area contributed by atoms with Crippen molar-refractivity contribution in [1.29, 1.82) is 0 Å². The lowest BCUT2D eigenvalue weighted by molar-refractivity contribution is 0.0408. The second-order valence-corrected chi connectivity index (χ2v) is 6.72. The van der Waals surface area contributed by atoms with E-state index in [0.29, 0.717) is 18.1 Å². The van der Waals surface area contributed by atoms with Gasteiger partial charge in [0.25, 0.3) is 0 Å². The largest absolute Gasteiger partial charge is 0.375 e. The lowest BCUT2D eigenvalue weighted by atomic mass is 9.92. The fourth-order valence-electron chi connectivity index (χ4n) is 3.11. The molecule has 21 heavy (non-hydrogen) atoms. The summed E-state index contributed by atoms with van der Waals surface area (Å²) in [6.45, 7) is 6.57. The summed E-state index contributed by atoms with van der Waals surface area (Å²) in [5.41, 5.74) is 1.37. The van der Waals surface area contributed by atoms with E-state index in [4.69, 9.17) is 16.3 Å². The number of rotatable bonds is 8. The molecule has 0 aromatic heterocycles. The van der Waals surface area contributed by atoms with Crippen LogP contribution >= 0.6 is 11.6 Å². The average molecular weight is 310 g/mol. The first-order valence-electron chi connectivity index (χ1n) is 8.28. The van der Waals surface area contributed by atoms with E-state index in [9.17, 15) is 0 Å². The zero-order valence-electron chi connectivity index (χ0n) is 13.3. The molecule has 0 bridgehead atoms. The molecule has 2 rings (SSSR count). The summed E-state index contributed by atoms with van der Waals surface area (Å²) in [7, 11) is 0. The molecule has 3 heteroatoms. The first kappa shape index (κ1) is 16.8. The smallest absolute Gasteiger partial charge is 0.0583 e. The normalized spacial score (nSPS) is 23.4. The minimum atomic E-state index is 0.440. The van der Waals surface area contributed by atoms with Gasteiger partial charge in [0, 0.05) is 5.02 Å². The van der Waals surface area contributed by atoms with E-state index in [0.717, 1.165) is 31.0 Å². The van der Waals surface area contributed by atoms with Crippen molar-refractivity contribution in [2.75, 3.05) is 13.1 Å². The van der Waals surface area contributed by atoms with Crippen LogP contribution in [0.1, 0.15) is 45.1 Å². The van der Waals surface area contributed by atoms with Crippen LogP contribution in [0.25, 0.3) is 0 Å². The predicted molar refractivity (Wildman–Crippen MR) is 90.0 cm³/mol. The molecule has 0 spiro atoms. The van der Waals surface area contributed by atoms with Crippen LogP contribution in [0.15, 0.2) is 24.3 Å². The number of hydrogen-bond acceptors (Lipinski definition) is 2. The van der Waals surface area contributed by atoms with E-state index in [2.05, 4.69) is 31.3 Å². The predicted octanol–water partition coefficient (Wildman–Crippen LogP) is 4.46. The SMILES string of the molecule is CCCNCC(Cc1ccc(Cl)cc1)CC1CCC(C)O1. The van der Waals surface area contributed by atoms with Crippen LogP contribution < -0.4 is 5.32 Å². The Hall–Kier alpha value is -0.570. The first-order chi connectivity index (χ1) is 10.2. The Labute approximate surface area is 134 Å². The van der Waals surface area contributed by atoms with Gasteiger partial charge in [-0.3, -0.25) is 0 Å². The lowest BCUT2D eigenvalue weighted by Crippen LogP contribution is -2.28. The molecule has 0 saturated carbocycles. The number of nitrogens with one attached hydrogen (secondary N) is 1. The third-order valence-corrected chi connectivity index (χ3v) is 4.47. The van der Waals surface area contributed by atoms with Crippen LogP contribution in [0.2, 0.25) is 5.02 Å². The summed E-state index contributed by atoms with van der Waals surface area (Å²) >= 11 is 5.97. The second-order valence-electron chi connectivity index (χ2n) is 6.28. The molecule has 2 nitrogen and oxygen atoms in total. The van der Waals surface area contributed by atoms with Crippen molar-refractivity contribution >= 4 is 11.6 Å². The van der Waals surface area contributed by atoms with Gasteiger partial charge in [0.15, 0.2) is 0 Å². The Morgan fingerprint density at radius 2 is 2.05 bits per heavy atom. The quantitative estimate of drug-likeness (QED) is 0.716. The van der Waals surface area contributed by atoms with Gasteiger partial charge >= 0.3 is 0 Å². The van der Waals surface area contributed by atoms with Crippen molar-refractivity contribution in [3.8, 4) is 0 Å². The van der Waals surface area contributed by atoms with Gasteiger partial charge in [-0.05, 0) is 75.7 Å². The van der Waals surface area contributed by atoms with Crippen LogP contribution in [-0.4, -0.2) is 25.3 Å². The fraction of sp³-hybridized carbons (Fsp3) is 0.667. The Bertz CT molecular complexity index is 406. The maximum absolute atomic E-state index is 6.01. The van der Waals surface area contributed by atoms with Gasteiger partial charge < -0.3 is 10.1 Å². The van der Waals surface area contributed by atoms with E-state index in [1.165, 1.54) is 24.8 Å². The first-order valence-corrected chi connectivity index (χ1v) is 8.65. The minimum Gasteiger partial charge on any atom is -0.375 e. The second kappa shape index (κ2) is 8.77. The fourth-order valence-corrected chi connectivity index (χ4v) is 3.23. The summed E-state index contributed by atoms with van der Waals surface area (Å²) in [5, 5.41) is 4.38. The van der Waals surface area contributed by atoms with Gasteiger partial charge in [0.05, 0.1) is 12.2 Å². The van der Waals surface area contributed by atoms with Gasteiger partial charge in [-0.1, -0.05) is 30.7 Å². The molecule has 1 saturated heterocycles. The molecular formula is C18H28ClNO. The molecular weight excluding hydrogens is 282 g/mol. The summed E-state index contributed by atoms with van der Waals surface area (Å²) in [4.78, 5) is 0. The maximum Gasteiger partial charge on any atom is 0.0583 e. The molecule has 1 aromatic rings. The van der Waals surface area contributed by atoms with Crippen molar-refractivity contribution in [1.82, 2.24) is 5.32 Å². The van der Waals surface area contributed by atoms with E-state index in [1.54, 1.807) is 0 Å². The lowest BCUT2D eigenvalue weighted by Gasteiger charge is -2.21. The molecule has 0 amide bonds. The molecule has 1 fully saturated rings. The number of benzene rings is 1. The Morgan fingerprint density at radius 1 is 1.29 bits per heavy atom. The zero-order valence-corrected chi connectivity index (χ0v) is 14.0. The standard InChI is InChI=1S/C18H28ClNO/c1-3-10-20-13-16(12-18-9-4-14(2)21-18)11-15-5-7-17(19)8-6-15/h5-8,14,16,18,20H,3-4,9-13H2,1-2H3. The van der Waals surface area contributed by atoms with Gasteiger partial charge in [-0.2, -0.15) is 0 Å². The monoisotopic (exact) mass is 309 g/mol. The zero-order chi connectivity index (χ0) is 15.1. The molecule has 118 valence electrons. The van der Waals surface area contributed by atoms with E-state index in [-0.39, 0.29) is 0 Å². The number of hydrogen-bond donors (Lipinski definition) is 1. The van der Waals surface area contributed by atoms with Gasteiger partial charge in [-0.25, -0.2) is 0 Å². The van der Waals surface area contributed by atoms with Gasteiger partial charge in [0.2, 0.25) is 0 Å². The van der Waals surface area contributed by atoms with Gasteiger partial charge in [0.1, 0.15) is 0 Å². The third-order valence-electron chi connectivity index (χ3n) is 4.21. The van der Waals surface area contributed by atoms with Crippen molar-refractivity contribution in [3.63, 3.8) is 0 Å². The highest BCUT2D eigenvalue weighted by atomic mass is 35.5. The Morgan fingerprint density at radius 3 is 2.67 bits per heavy atom.